The van der Waals surface area contributed by atoms with E-state index >= 15 is 0 Å². The molecular weight excluding hydrogens is 558 g/mol. The fourth-order valence-corrected chi connectivity index (χ4v) is 6.61. The number of hydrogen-bond donors (Lipinski definition) is 2. The van der Waals surface area contributed by atoms with E-state index < -0.39 is 0 Å². The number of aromatic nitrogens is 3. The maximum atomic E-state index is 12.6. The molecule has 2 saturated heterocycles. The minimum atomic E-state index is 0.157. The van der Waals surface area contributed by atoms with E-state index in [-0.39, 0.29) is 5.91 Å². The second-order valence-electron chi connectivity index (χ2n) is 10.7. The number of ether oxygens (including phenoxy) is 1. The summed E-state index contributed by atoms with van der Waals surface area (Å²) in [5.41, 5.74) is 4.32. The summed E-state index contributed by atoms with van der Waals surface area (Å²) in [6, 6.07) is 12.9. The number of anilines is 2. The Balaban J connectivity index is 1.10. The molecular formula is C30H36ClN7O2S. The number of nitrogens with one attached hydrogen (secondary N) is 2. The number of aromatic amines is 1. The Bertz CT molecular complexity index is 1450. The van der Waals surface area contributed by atoms with Crippen LogP contribution in [0.2, 0.25) is 5.02 Å². The first-order valence-electron chi connectivity index (χ1n) is 14.2. The highest BCUT2D eigenvalue weighted by molar-refractivity contribution is 7.09. The van der Waals surface area contributed by atoms with Gasteiger partial charge in [0.05, 0.1) is 23.5 Å². The first-order valence-corrected chi connectivity index (χ1v) is 15.5. The third-order valence-electron chi connectivity index (χ3n) is 7.97. The van der Waals surface area contributed by atoms with Crippen LogP contribution in [0.25, 0.3) is 22.6 Å². The molecule has 4 aromatic rings. The lowest BCUT2D eigenvalue weighted by atomic mass is 10.0. The van der Waals surface area contributed by atoms with Crippen LogP contribution in [-0.4, -0.2) is 89.7 Å². The summed E-state index contributed by atoms with van der Waals surface area (Å²) >= 11 is 8.46. The van der Waals surface area contributed by atoms with E-state index in [1.54, 1.807) is 13.3 Å². The van der Waals surface area contributed by atoms with Crippen molar-refractivity contribution in [2.24, 2.45) is 0 Å². The number of piperazine rings is 1. The number of pyridine rings is 1. The fourth-order valence-electron chi connectivity index (χ4n) is 5.67. The van der Waals surface area contributed by atoms with E-state index in [1.807, 2.05) is 28.4 Å². The number of amides is 1. The lowest BCUT2D eigenvalue weighted by molar-refractivity contribution is -0.131. The lowest BCUT2D eigenvalue weighted by Crippen LogP contribution is -2.50. The van der Waals surface area contributed by atoms with E-state index in [1.165, 1.54) is 4.88 Å². The fraction of sp³-hybridized carbons (Fsp3) is 0.433. The van der Waals surface area contributed by atoms with Crippen molar-refractivity contribution < 1.29 is 9.53 Å². The van der Waals surface area contributed by atoms with Gasteiger partial charge in [0.15, 0.2) is 5.65 Å². The maximum absolute atomic E-state index is 12.6. The number of methoxy groups -OCH3 is 1. The van der Waals surface area contributed by atoms with E-state index in [0.717, 1.165) is 86.8 Å². The van der Waals surface area contributed by atoms with Gasteiger partial charge in [0, 0.05) is 75.2 Å². The number of carbonyl (C=O) groups is 1. The van der Waals surface area contributed by atoms with Crippen LogP contribution in [0.1, 0.15) is 24.1 Å². The molecule has 2 fully saturated rings. The summed E-state index contributed by atoms with van der Waals surface area (Å²) < 4.78 is 5.12. The molecule has 3 aromatic heterocycles. The summed E-state index contributed by atoms with van der Waals surface area (Å²) in [7, 11) is 1.69. The van der Waals surface area contributed by atoms with Crippen LogP contribution in [0, 0.1) is 0 Å². The van der Waals surface area contributed by atoms with Crippen LogP contribution in [0.4, 0.5) is 11.4 Å². The second-order valence-corrected chi connectivity index (χ2v) is 12.2. The molecule has 6 rings (SSSR count). The standard InChI is InChI=1S/C30H36ClN7O2S/c1-40-16-3-11-37-14-15-38(20-26(37)39)23-7-5-21(6-8-23)29-34-28-27(25(31)18-32-30(28)35-29)33-22-9-12-36(13-10-22)19-24-4-2-17-41-24/h2,4-8,17-18,22H,3,9-16,19-20H2,1H3,(H2,32,33,34,35). The quantitative estimate of drug-likeness (QED) is 0.247. The van der Waals surface area contributed by atoms with Gasteiger partial charge in [-0.1, -0.05) is 17.7 Å². The number of nitrogens with zero attached hydrogens (tertiary/aromatic N) is 5. The van der Waals surface area contributed by atoms with Crippen molar-refractivity contribution >= 4 is 51.4 Å². The molecule has 11 heteroatoms. The van der Waals surface area contributed by atoms with Crippen LogP contribution in [-0.2, 0) is 16.1 Å². The van der Waals surface area contributed by atoms with Gasteiger partial charge in [-0.2, -0.15) is 0 Å². The van der Waals surface area contributed by atoms with Crippen LogP contribution in [0.3, 0.4) is 0 Å². The number of carbonyl (C=O) groups excluding carboxylic acids is 1. The molecule has 1 aromatic carbocycles. The smallest absolute Gasteiger partial charge is 0.242 e. The Morgan fingerprint density at radius 1 is 1.15 bits per heavy atom. The number of H-pyrrole nitrogens is 1. The van der Waals surface area contributed by atoms with Gasteiger partial charge in [-0.25, -0.2) is 9.97 Å². The van der Waals surface area contributed by atoms with Gasteiger partial charge in [0.1, 0.15) is 11.3 Å². The normalized spacial score (nSPS) is 17.1. The number of fused-ring (bicyclic) bond motifs is 1. The monoisotopic (exact) mass is 593 g/mol. The zero-order valence-electron chi connectivity index (χ0n) is 23.3. The number of halogens is 1. The van der Waals surface area contributed by atoms with Crippen molar-refractivity contribution in [3.05, 3.63) is 57.9 Å². The molecule has 0 atom stereocenters. The summed E-state index contributed by atoms with van der Waals surface area (Å²) in [5.74, 6) is 0.902. The van der Waals surface area contributed by atoms with E-state index in [2.05, 4.69) is 54.7 Å². The maximum Gasteiger partial charge on any atom is 0.242 e. The average molecular weight is 594 g/mol. The minimum absolute atomic E-state index is 0.157. The average Bonchev–Trinajstić information content (AvgIpc) is 3.67. The first kappa shape index (κ1) is 28.0. The first-order chi connectivity index (χ1) is 20.1. The largest absolute Gasteiger partial charge is 0.385 e. The van der Waals surface area contributed by atoms with E-state index in [9.17, 15) is 4.79 Å². The minimum Gasteiger partial charge on any atom is -0.385 e. The summed E-state index contributed by atoms with van der Waals surface area (Å²) in [6.07, 6.45) is 4.65. The number of likely N-dealkylation sites (tertiary alicyclic amines) is 1. The van der Waals surface area contributed by atoms with Crippen LogP contribution in [0.15, 0.2) is 48.0 Å². The lowest BCUT2D eigenvalue weighted by Gasteiger charge is -2.35. The van der Waals surface area contributed by atoms with Crippen molar-refractivity contribution in [2.45, 2.75) is 31.8 Å². The number of piperidine rings is 1. The van der Waals surface area contributed by atoms with Crippen LogP contribution >= 0.6 is 22.9 Å². The van der Waals surface area contributed by atoms with E-state index in [0.29, 0.717) is 29.9 Å². The molecule has 2 aliphatic heterocycles. The Morgan fingerprint density at radius 3 is 2.71 bits per heavy atom. The topological polar surface area (TPSA) is 89.6 Å². The van der Waals surface area contributed by atoms with Gasteiger partial charge in [-0.3, -0.25) is 9.69 Å². The Morgan fingerprint density at radius 2 is 1.98 bits per heavy atom. The van der Waals surface area contributed by atoms with Gasteiger partial charge in [0.25, 0.3) is 0 Å². The number of thiophene rings is 1. The second kappa shape index (κ2) is 12.8. The zero-order valence-corrected chi connectivity index (χ0v) is 24.9. The summed E-state index contributed by atoms with van der Waals surface area (Å²) in [5, 5.41) is 6.43. The van der Waals surface area contributed by atoms with Gasteiger partial charge in [0.2, 0.25) is 5.91 Å². The number of hydrogen-bond acceptors (Lipinski definition) is 8. The molecule has 2 N–H and O–H groups in total. The molecule has 0 aliphatic carbocycles. The summed E-state index contributed by atoms with van der Waals surface area (Å²) in [4.78, 5) is 33.4. The van der Waals surface area contributed by atoms with Crippen molar-refractivity contribution in [3.8, 4) is 11.4 Å². The molecule has 2 aliphatic rings. The zero-order chi connectivity index (χ0) is 28.2. The third kappa shape index (κ3) is 6.51. The Kier molecular flexibility index (Phi) is 8.71. The van der Waals surface area contributed by atoms with Gasteiger partial charge in [-0.05, 0) is 55.0 Å². The Hall–Kier alpha value is -3.18. The summed E-state index contributed by atoms with van der Waals surface area (Å²) in [6.45, 7) is 6.47. The Labute approximate surface area is 249 Å². The van der Waals surface area contributed by atoms with Gasteiger partial charge >= 0.3 is 0 Å². The molecule has 0 bridgehead atoms. The number of imidazole rings is 1. The highest BCUT2D eigenvalue weighted by Gasteiger charge is 2.25. The van der Waals surface area contributed by atoms with Crippen molar-refractivity contribution in [1.29, 1.82) is 0 Å². The van der Waals surface area contributed by atoms with Crippen LogP contribution < -0.4 is 10.2 Å². The highest BCUT2D eigenvalue weighted by Crippen LogP contribution is 2.33. The van der Waals surface area contributed by atoms with Crippen molar-refractivity contribution in [1.82, 2.24) is 24.8 Å². The van der Waals surface area contributed by atoms with Crippen molar-refractivity contribution in [3.63, 3.8) is 0 Å². The molecule has 216 valence electrons. The number of benzene rings is 1. The number of rotatable bonds is 10. The predicted octanol–water partition coefficient (Wildman–Crippen LogP) is 5.10. The molecule has 5 heterocycles. The molecule has 1 amide bonds. The van der Waals surface area contributed by atoms with Gasteiger partial charge < -0.3 is 24.8 Å². The van der Waals surface area contributed by atoms with Crippen LogP contribution in [0.5, 0.6) is 0 Å². The molecule has 9 nitrogen and oxygen atoms in total. The van der Waals surface area contributed by atoms with E-state index in [4.69, 9.17) is 21.3 Å². The van der Waals surface area contributed by atoms with Gasteiger partial charge in [-0.15, -0.1) is 11.3 Å². The molecule has 0 radical (unpaired) electrons. The molecule has 0 spiro atoms. The molecule has 41 heavy (non-hydrogen) atoms. The third-order valence-corrected chi connectivity index (χ3v) is 9.12. The SMILES string of the molecule is COCCCN1CCN(c2ccc(-c3nc4ncc(Cl)c(NC5CCN(Cc6cccs6)CC5)c4[nH]3)cc2)CC1=O. The molecule has 0 unspecified atom stereocenters. The highest BCUT2D eigenvalue weighted by atomic mass is 35.5. The molecule has 0 saturated carbocycles. The van der Waals surface area contributed by atoms with Crippen molar-refractivity contribution in [2.75, 3.05) is 63.2 Å². The predicted molar refractivity (Wildman–Crippen MR) is 166 cm³/mol.